The van der Waals surface area contributed by atoms with Crippen molar-refractivity contribution in [1.82, 2.24) is 0 Å². The molecule has 0 aliphatic carbocycles. The fraction of sp³-hybridized carbons (Fsp3) is 0.600. The van der Waals surface area contributed by atoms with E-state index in [1.165, 1.54) is 6.92 Å². The zero-order valence-electron chi connectivity index (χ0n) is 5.53. The van der Waals surface area contributed by atoms with Crippen molar-refractivity contribution in [2.45, 2.75) is 13.0 Å². The van der Waals surface area contributed by atoms with Crippen molar-refractivity contribution in [3.05, 3.63) is 0 Å². The molecule has 10 heavy (non-hydrogen) atoms. The average molecular weight is 165 g/mol. The van der Waals surface area contributed by atoms with Gasteiger partial charge < -0.3 is 10.5 Å². The lowest BCUT2D eigenvalue weighted by molar-refractivity contribution is -0.143. The van der Waals surface area contributed by atoms with E-state index in [2.05, 4.69) is 4.74 Å². The van der Waals surface area contributed by atoms with Crippen molar-refractivity contribution in [3.63, 3.8) is 0 Å². The molecule has 0 saturated heterocycles. The lowest BCUT2D eigenvalue weighted by atomic mass is 10.4. The molecule has 0 spiro atoms. The van der Waals surface area contributed by atoms with Crippen molar-refractivity contribution >= 4 is 18.4 Å². The number of hydrogen-bond donors (Lipinski definition) is 1. The molecule has 0 rings (SSSR count). The molecule has 5 heteroatoms. The van der Waals surface area contributed by atoms with Crippen LogP contribution in [0.15, 0.2) is 0 Å². The predicted octanol–water partition coefficient (Wildman–Crippen LogP) is -0.178. The number of nitrogens with zero attached hydrogens (tertiary/aromatic N) is 1. The molecule has 0 radical (unpaired) electrons. The average Bonchev–Trinajstić information content (AvgIpc) is 1.82. The Labute approximate surface area is 65.4 Å². The summed E-state index contributed by atoms with van der Waals surface area (Å²) in [5.74, 6) is -0.545. The van der Waals surface area contributed by atoms with Gasteiger partial charge in [-0.2, -0.15) is 5.26 Å². The molecule has 0 saturated carbocycles. The maximum Gasteiger partial charge on any atom is 0.323 e. The Bertz CT molecular complexity index is 141. The summed E-state index contributed by atoms with van der Waals surface area (Å²) in [5, 5.41) is 7.93. The fourth-order valence-corrected chi connectivity index (χ4v) is 0.235. The minimum atomic E-state index is -0.640. The molecule has 0 aliphatic rings. The van der Waals surface area contributed by atoms with Gasteiger partial charge in [0.2, 0.25) is 0 Å². The van der Waals surface area contributed by atoms with Crippen LogP contribution in [0.25, 0.3) is 0 Å². The molecule has 0 aliphatic heterocycles. The summed E-state index contributed by atoms with van der Waals surface area (Å²) in [6, 6.07) is 1.01. The summed E-state index contributed by atoms with van der Waals surface area (Å²) in [5.41, 5.74) is 5.09. The normalized spacial score (nSPS) is 10.5. The molecule has 0 aromatic rings. The van der Waals surface area contributed by atoms with Crippen molar-refractivity contribution in [2.24, 2.45) is 5.73 Å². The molecule has 0 fully saturated rings. The molecule has 58 valence electrons. The molecule has 4 nitrogen and oxygen atoms in total. The van der Waals surface area contributed by atoms with E-state index >= 15 is 0 Å². The van der Waals surface area contributed by atoms with Crippen LogP contribution in [0, 0.1) is 11.3 Å². The van der Waals surface area contributed by atoms with Crippen LogP contribution in [-0.4, -0.2) is 18.6 Å². The first-order valence-corrected chi connectivity index (χ1v) is 2.47. The van der Waals surface area contributed by atoms with Gasteiger partial charge in [-0.3, -0.25) is 4.79 Å². The van der Waals surface area contributed by atoms with Gasteiger partial charge in [0.15, 0.2) is 6.61 Å². The van der Waals surface area contributed by atoms with E-state index in [-0.39, 0.29) is 19.0 Å². The zero-order valence-corrected chi connectivity index (χ0v) is 6.35. The van der Waals surface area contributed by atoms with Crippen molar-refractivity contribution < 1.29 is 9.53 Å². The molecule has 1 atom stereocenters. The number of nitrogens with two attached hydrogens (primary N) is 1. The van der Waals surface area contributed by atoms with Gasteiger partial charge in [0.1, 0.15) is 12.1 Å². The van der Waals surface area contributed by atoms with Crippen molar-refractivity contribution in [1.29, 1.82) is 5.26 Å². The summed E-state index contributed by atoms with van der Waals surface area (Å²) >= 11 is 0. The lowest BCUT2D eigenvalue weighted by Gasteiger charge is -2.00. The lowest BCUT2D eigenvalue weighted by Crippen LogP contribution is -2.28. The van der Waals surface area contributed by atoms with Crippen LogP contribution < -0.4 is 5.73 Å². The van der Waals surface area contributed by atoms with Gasteiger partial charge in [0.05, 0.1) is 0 Å². The number of hydrogen-bond acceptors (Lipinski definition) is 4. The number of rotatable bonds is 2. The van der Waals surface area contributed by atoms with Crippen molar-refractivity contribution in [2.75, 3.05) is 6.61 Å². The Morgan fingerprint density at radius 1 is 1.90 bits per heavy atom. The van der Waals surface area contributed by atoms with E-state index in [1.54, 1.807) is 6.07 Å². The first-order valence-electron chi connectivity index (χ1n) is 2.47. The second-order valence-electron chi connectivity index (χ2n) is 1.55. The second-order valence-corrected chi connectivity index (χ2v) is 1.55. The summed E-state index contributed by atoms with van der Waals surface area (Å²) < 4.78 is 4.33. The Kier molecular flexibility index (Phi) is 7.56. The quantitative estimate of drug-likeness (QED) is 0.575. The number of carbonyl (C=O) groups is 1. The van der Waals surface area contributed by atoms with Crippen LogP contribution in [-0.2, 0) is 9.53 Å². The molecule has 0 bridgehead atoms. The van der Waals surface area contributed by atoms with E-state index in [4.69, 9.17) is 11.0 Å². The van der Waals surface area contributed by atoms with Crippen molar-refractivity contribution in [3.8, 4) is 6.07 Å². The van der Waals surface area contributed by atoms with Crippen LogP contribution in [0.3, 0.4) is 0 Å². The van der Waals surface area contributed by atoms with Crippen LogP contribution in [0.1, 0.15) is 6.92 Å². The van der Waals surface area contributed by atoms with Gasteiger partial charge in [0, 0.05) is 0 Å². The minimum Gasteiger partial charge on any atom is -0.449 e. The standard InChI is InChI=1S/C5H8N2O2.ClH/c1-4(7)5(8)9-3-2-6;/h4H,3,7H2,1H3;1H. The predicted molar refractivity (Wildman–Crippen MR) is 37.5 cm³/mol. The molecule has 0 heterocycles. The second kappa shape index (κ2) is 6.33. The highest BCUT2D eigenvalue weighted by Gasteiger charge is 2.06. The van der Waals surface area contributed by atoms with E-state index in [9.17, 15) is 4.79 Å². The van der Waals surface area contributed by atoms with E-state index < -0.39 is 12.0 Å². The maximum absolute atomic E-state index is 10.4. The molecule has 0 aromatic heterocycles. The van der Waals surface area contributed by atoms with Gasteiger partial charge in [-0.1, -0.05) is 0 Å². The largest absolute Gasteiger partial charge is 0.449 e. The highest BCUT2D eigenvalue weighted by atomic mass is 35.5. The van der Waals surface area contributed by atoms with Gasteiger partial charge in [0.25, 0.3) is 0 Å². The summed E-state index contributed by atoms with van der Waals surface area (Å²) in [4.78, 5) is 10.4. The Morgan fingerprint density at radius 2 is 2.40 bits per heavy atom. The van der Waals surface area contributed by atoms with Gasteiger partial charge in [-0.25, -0.2) is 0 Å². The zero-order chi connectivity index (χ0) is 7.28. The third-order valence-corrected chi connectivity index (χ3v) is 0.651. The highest BCUT2D eigenvalue weighted by molar-refractivity contribution is 5.85. The number of ether oxygens (including phenoxy) is 1. The monoisotopic (exact) mass is 164 g/mol. The Balaban J connectivity index is 0. The van der Waals surface area contributed by atoms with Crippen LogP contribution in [0.5, 0.6) is 0 Å². The molecule has 0 aromatic carbocycles. The Hall–Kier alpha value is -0.790. The third kappa shape index (κ3) is 5.35. The number of esters is 1. The SMILES string of the molecule is CC(N)C(=O)OCC#N.Cl. The molecule has 2 N–H and O–H groups in total. The van der Waals surface area contributed by atoms with Gasteiger partial charge in [-0.15, -0.1) is 12.4 Å². The minimum absolute atomic E-state index is 0. The number of carbonyl (C=O) groups excluding carboxylic acids is 1. The van der Waals surface area contributed by atoms with E-state index in [1.807, 2.05) is 0 Å². The smallest absolute Gasteiger partial charge is 0.323 e. The topological polar surface area (TPSA) is 76.1 Å². The van der Waals surface area contributed by atoms with E-state index in [0.717, 1.165) is 0 Å². The van der Waals surface area contributed by atoms with Crippen LogP contribution in [0.4, 0.5) is 0 Å². The first-order chi connectivity index (χ1) is 4.18. The third-order valence-electron chi connectivity index (χ3n) is 0.651. The molecule has 1 unspecified atom stereocenters. The van der Waals surface area contributed by atoms with Gasteiger partial charge in [-0.05, 0) is 6.92 Å². The van der Waals surface area contributed by atoms with Crippen LogP contribution in [0.2, 0.25) is 0 Å². The summed E-state index contributed by atoms with van der Waals surface area (Å²) in [7, 11) is 0. The molecular weight excluding hydrogens is 156 g/mol. The summed E-state index contributed by atoms with van der Waals surface area (Å²) in [6.45, 7) is 1.28. The van der Waals surface area contributed by atoms with E-state index in [0.29, 0.717) is 0 Å². The number of nitriles is 1. The highest BCUT2D eigenvalue weighted by Crippen LogP contribution is 1.81. The summed E-state index contributed by atoms with van der Waals surface area (Å²) in [6.07, 6.45) is 0. The Morgan fingerprint density at radius 3 is 2.70 bits per heavy atom. The van der Waals surface area contributed by atoms with Crippen LogP contribution >= 0.6 is 12.4 Å². The first kappa shape index (κ1) is 11.9. The van der Waals surface area contributed by atoms with Gasteiger partial charge >= 0.3 is 5.97 Å². The molecule has 0 amide bonds. The maximum atomic E-state index is 10.4. The fourth-order valence-electron chi connectivity index (χ4n) is 0.235. The number of halogens is 1. The molecular formula is C5H9ClN2O2.